The molecule has 234 valence electrons. The number of nitrogens with zero attached hydrogens (tertiary/aromatic N) is 3. The van der Waals surface area contributed by atoms with E-state index in [1.54, 1.807) is 7.11 Å². The van der Waals surface area contributed by atoms with Gasteiger partial charge >= 0.3 is 0 Å². The zero-order valence-corrected chi connectivity index (χ0v) is 26.2. The van der Waals surface area contributed by atoms with Crippen molar-refractivity contribution in [3.8, 4) is 0 Å². The number of methoxy groups -OCH3 is 1. The van der Waals surface area contributed by atoms with E-state index in [9.17, 15) is 4.79 Å². The lowest BCUT2D eigenvalue weighted by Crippen LogP contribution is -2.41. The zero-order chi connectivity index (χ0) is 28.3. The number of carbonyl (C=O) groups excluding carboxylic acids is 1. The van der Waals surface area contributed by atoms with E-state index in [1.807, 2.05) is 0 Å². The SMILES string of the molecule is COCCOCCC(=O)CCC1CCN(CCCCCN2CCC(C3CCN(CCCCCN)CC3)CC2)CC1. The van der Waals surface area contributed by atoms with Crippen molar-refractivity contribution in [1.82, 2.24) is 14.7 Å². The van der Waals surface area contributed by atoms with Crippen molar-refractivity contribution in [3.05, 3.63) is 0 Å². The van der Waals surface area contributed by atoms with E-state index in [2.05, 4.69) is 14.7 Å². The van der Waals surface area contributed by atoms with Crippen LogP contribution in [0.1, 0.15) is 96.3 Å². The van der Waals surface area contributed by atoms with Gasteiger partial charge in [-0.05, 0) is 154 Å². The molecule has 0 spiro atoms. The molecule has 0 bridgehead atoms. The van der Waals surface area contributed by atoms with Crippen LogP contribution in [0.3, 0.4) is 0 Å². The van der Waals surface area contributed by atoms with Crippen LogP contribution in [0.2, 0.25) is 0 Å². The summed E-state index contributed by atoms with van der Waals surface area (Å²) >= 11 is 0. The summed E-state index contributed by atoms with van der Waals surface area (Å²) in [6.07, 6.45) is 18.5. The van der Waals surface area contributed by atoms with Crippen LogP contribution in [0, 0.1) is 17.8 Å². The molecule has 3 saturated heterocycles. The number of hydrogen-bond acceptors (Lipinski definition) is 7. The molecule has 7 heteroatoms. The normalized spacial score (nSPS) is 21.4. The Balaban J connectivity index is 1.12. The number of ether oxygens (including phenoxy) is 2. The topological polar surface area (TPSA) is 71.3 Å². The molecule has 3 rings (SSSR count). The van der Waals surface area contributed by atoms with Crippen LogP contribution in [0.5, 0.6) is 0 Å². The third-order valence-corrected chi connectivity index (χ3v) is 10.1. The van der Waals surface area contributed by atoms with Crippen LogP contribution in [0.15, 0.2) is 0 Å². The molecule has 0 aromatic rings. The second kappa shape index (κ2) is 21.2. The van der Waals surface area contributed by atoms with Crippen LogP contribution in [0.25, 0.3) is 0 Å². The molecule has 3 aliphatic heterocycles. The predicted octanol–water partition coefficient (Wildman–Crippen LogP) is 4.82. The summed E-state index contributed by atoms with van der Waals surface area (Å²) in [4.78, 5) is 20.2. The predicted molar refractivity (Wildman–Crippen MR) is 166 cm³/mol. The average Bonchev–Trinajstić information content (AvgIpc) is 2.99. The largest absolute Gasteiger partial charge is 0.382 e. The van der Waals surface area contributed by atoms with Gasteiger partial charge in [0.1, 0.15) is 5.78 Å². The maximum absolute atomic E-state index is 12.1. The number of nitrogens with two attached hydrogens (primary N) is 1. The van der Waals surface area contributed by atoms with Crippen molar-refractivity contribution < 1.29 is 14.3 Å². The van der Waals surface area contributed by atoms with Crippen molar-refractivity contribution in [1.29, 1.82) is 0 Å². The molecule has 0 aromatic heterocycles. The summed E-state index contributed by atoms with van der Waals surface area (Å²) in [7, 11) is 1.67. The smallest absolute Gasteiger partial charge is 0.135 e. The number of rotatable bonds is 21. The molecule has 0 saturated carbocycles. The maximum atomic E-state index is 12.1. The molecule has 40 heavy (non-hydrogen) atoms. The van der Waals surface area contributed by atoms with E-state index in [1.165, 1.54) is 136 Å². The lowest BCUT2D eigenvalue weighted by Gasteiger charge is -2.40. The molecule has 3 heterocycles. The minimum absolute atomic E-state index is 0.356. The molecule has 3 fully saturated rings. The Kier molecular flexibility index (Phi) is 18.0. The maximum Gasteiger partial charge on any atom is 0.135 e. The lowest BCUT2D eigenvalue weighted by atomic mass is 9.78. The average molecular weight is 565 g/mol. The summed E-state index contributed by atoms with van der Waals surface area (Å²) in [6.45, 7) is 14.2. The minimum atomic E-state index is 0.356. The Morgan fingerprint density at radius 2 is 1.15 bits per heavy atom. The molecule has 0 amide bonds. The highest BCUT2D eigenvalue weighted by molar-refractivity contribution is 5.78. The summed E-state index contributed by atoms with van der Waals surface area (Å²) in [5.41, 5.74) is 5.63. The van der Waals surface area contributed by atoms with Crippen molar-refractivity contribution in [2.75, 3.05) is 92.4 Å². The van der Waals surface area contributed by atoms with Crippen LogP contribution in [-0.4, -0.2) is 113 Å². The standard InChI is InChI=1S/C33H64N4O3/c1-39-28-29-40-27-16-33(38)9-8-30-10-21-35(22-11-30)19-6-3-7-20-37-25-14-32(15-26-37)31-12-23-36(24-13-31)18-5-2-4-17-34/h30-32H,2-29,34H2,1H3. The fourth-order valence-corrected chi connectivity index (χ4v) is 7.22. The number of piperidine rings is 3. The van der Waals surface area contributed by atoms with Crippen LogP contribution < -0.4 is 5.73 Å². The lowest BCUT2D eigenvalue weighted by molar-refractivity contribution is -0.120. The van der Waals surface area contributed by atoms with Crippen LogP contribution >= 0.6 is 0 Å². The number of carbonyl (C=O) groups is 1. The first kappa shape index (κ1) is 33.9. The number of likely N-dealkylation sites (tertiary alicyclic amines) is 3. The first-order valence-corrected chi connectivity index (χ1v) is 17.1. The van der Waals surface area contributed by atoms with Gasteiger partial charge in [0.25, 0.3) is 0 Å². The van der Waals surface area contributed by atoms with Gasteiger partial charge < -0.3 is 29.9 Å². The van der Waals surface area contributed by atoms with Crippen molar-refractivity contribution >= 4 is 5.78 Å². The van der Waals surface area contributed by atoms with E-state index >= 15 is 0 Å². The van der Waals surface area contributed by atoms with Crippen LogP contribution in [0.4, 0.5) is 0 Å². The molecule has 3 aliphatic rings. The second-order valence-corrected chi connectivity index (χ2v) is 13.0. The van der Waals surface area contributed by atoms with E-state index in [0.29, 0.717) is 32.0 Å². The Morgan fingerprint density at radius 3 is 1.65 bits per heavy atom. The molecule has 2 N–H and O–H groups in total. The highest BCUT2D eigenvalue weighted by atomic mass is 16.5. The highest BCUT2D eigenvalue weighted by Gasteiger charge is 2.29. The van der Waals surface area contributed by atoms with Gasteiger partial charge in [-0.15, -0.1) is 0 Å². The number of unbranched alkanes of at least 4 members (excludes halogenated alkanes) is 4. The summed E-state index contributed by atoms with van der Waals surface area (Å²) < 4.78 is 10.4. The van der Waals surface area contributed by atoms with E-state index in [4.69, 9.17) is 15.2 Å². The van der Waals surface area contributed by atoms with Gasteiger partial charge in [-0.2, -0.15) is 0 Å². The number of ketones is 1. The second-order valence-electron chi connectivity index (χ2n) is 13.0. The highest BCUT2D eigenvalue weighted by Crippen LogP contribution is 2.32. The van der Waals surface area contributed by atoms with Gasteiger partial charge in [0.05, 0.1) is 19.8 Å². The van der Waals surface area contributed by atoms with Crippen molar-refractivity contribution in [2.45, 2.75) is 96.3 Å². The monoisotopic (exact) mass is 564 g/mol. The van der Waals surface area contributed by atoms with Gasteiger partial charge in [-0.1, -0.05) is 12.8 Å². The van der Waals surface area contributed by atoms with Gasteiger partial charge in [0.2, 0.25) is 0 Å². The zero-order valence-electron chi connectivity index (χ0n) is 26.2. The molecular formula is C33H64N4O3. The third-order valence-electron chi connectivity index (χ3n) is 10.1. The van der Waals surface area contributed by atoms with Gasteiger partial charge in [0.15, 0.2) is 0 Å². The first-order valence-electron chi connectivity index (χ1n) is 17.1. The molecular weight excluding hydrogens is 500 g/mol. The Morgan fingerprint density at radius 1 is 0.650 bits per heavy atom. The van der Waals surface area contributed by atoms with Gasteiger partial charge in [-0.3, -0.25) is 4.79 Å². The van der Waals surface area contributed by atoms with Crippen molar-refractivity contribution in [2.24, 2.45) is 23.5 Å². The van der Waals surface area contributed by atoms with Crippen molar-refractivity contribution in [3.63, 3.8) is 0 Å². The summed E-state index contributed by atoms with van der Waals surface area (Å²) in [6, 6.07) is 0. The quantitative estimate of drug-likeness (QED) is 0.200. The van der Waals surface area contributed by atoms with Gasteiger partial charge in [-0.25, -0.2) is 0 Å². The Hall–Kier alpha value is -0.570. The third kappa shape index (κ3) is 14.1. The fraction of sp³-hybridized carbons (Fsp3) is 0.970. The molecule has 0 unspecified atom stereocenters. The first-order chi connectivity index (χ1) is 19.7. The fourth-order valence-electron chi connectivity index (χ4n) is 7.22. The summed E-state index contributed by atoms with van der Waals surface area (Å²) in [5.74, 6) is 3.06. The molecule has 0 aromatic carbocycles. The Bertz CT molecular complexity index is 627. The molecule has 0 radical (unpaired) electrons. The molecule has 0 aliphatic carbocycles. The Labute approximate surface area is 246 Å². The number of hydrogen-bond donors (Lipinski definition) is 1. The molecule has 0 atom stereocenters. The van der Waals surface area contributed by atoms with E-state index < -0.39 is 0 Å². The number of Topliss-reactive ketones (excluding diaryl/α,β-unsaturated/α-hetero) is 1. The van der Waals surface area contributed by atoms with E-state index in [-0.39, 0.29) is 0 Å². The van der Waals surface area contributed by atoms with Gasteiger partial charge in [0, 0.05) is 20.0 Å². The summed E-state index contributed by atoms with van der Waals surface area (Å²) in [5, 5.41) is 0. The minimum Gasteiger partial charge on any atom is -0.382 e. The molecule has 7 nitrogen and oxygen atoms in total. The van der Waals surface area contributed by atoms with E-state index in [0.717, 1.165) is 37.1 Å². The van der Waals surface area contributed by atoms with Crippen LogP contribution in [-0.2, 0) is 14.3 Å².